The first-order valence-electron chi connectivity index (χ1n) is 8.42. The Bertz CT molecular complexity index is 1040. The molecule has 2 amide bonds. The molecule has 2 heterocycles. The fourth-order valence-corrected chi connectivity index (χ4v) is 3.21. The van der Waals surface area contributed by atoms with E-state index in [2.05, 4.69) is 15.6 Å². The van der Waals surface area contributed by atoms with Crippen LogP contribution in [0.25, 0.3) is 11.0 Å². The quantitative estimate of drug-likeness (QED) is 0.759. The van der Waals surface area contributed by atoms with E-state index >= 15 is 0 Å². The molecule has 0 saturated heterocycles. The first-order chi connectivity index (χ1) is 12.3. The van der Waals surface area contributed by atoms with E-state index in [0.29, 0.717) is 6.54 Å². The second-order valence-corrected chi connectivity index (χ2v) is 6.57. The fraction of sp³-hybridized carbons (Fsp3) is 0.316. The summed E-state index contributed by atoms with van der Waals surface area (Å²) in [5.74, 6) is 0. The minimum absolute atomic E-state index is 0.0688. The minimum atomic E-state index is -0.288. The predicted molar refractivity (Wildman–Crippen MR) is 102 cm³/mol. The Morgan fingerprint density at radius 1 is 1.08 bits per heavy atom. The Labute approximate surface area is 151 Å². The number of fused-ring (bicyclic) bond motifs is 1. The minimum Gasteiger partial charge on any atom is -0.334 e. The van der Waals surface area contributed by atoms with E-state index in [1.165, 1.54) is 0 Å². The Morgan fingerprint density at radius 2 is 1.77 bits per heavy atom. The molecule has 0 spiro atoms. The number of carbonyl (C=O) groups is 1. The molecule has 0 aliphatic carbocycles. The van der Waals surface area contributed by atoms with Crippen molar-refractivity contribution in [1.82, 2.24) is 19.4 Å². The third-order valence-electron chi connectivity index (χ3n) is 4.55. The van der Waals surface area contributed by atoms with E-state index in [-0.39, 0.29) is 11.7 Å². The number of aryl methyl sites for hydroxylation is 5. The average Bonchev–Trinajstić information content (AvgIpc) is 2.80. The zero-order chi connectivity index (χ0) is 19.0. The van der Waals surface area contributed by atoms with E-state index in [4.69, 9.17) is 0 Å². The molecule has 0 aliphatic rings. The molecule has 7 heteroatoms. The molecule has 0 unspecified atom stereocenters. The largest absolute Gasteiger partial charge is 0.334 e. The lowest BCUT2D eigenvalue weighted by molar-refractivity contribution is 0.251. The number of urea groups is 1. The molecule has 0 atom stereocenters. The third-order valence-corrected chi connectivity index (χ3v) is 4.55. The number of carbonyl (C=O) groups excluding carboxylic acids is 1. The topological polar surface area (TPSA) is 81.0 Å². The van der Waals surface area contributed by atoms with Gasteiger partial charge in [-0.15, -0.1) is 0 Å². The number of anilines is 1. The molecule has 26 heavy (non-hydrogen) atoms. The summed E-state index contributed by atoms with van der Waals surface area (Å²) in [6.45, 7) is 6.11. The number of amides is 2. The predicted octanol–water partition coefficient (Wildman–Crippen LogP) is 2.52. The van der Waals surface area contributed by atoms with Crippen molar-refractivity contribution in [1.29, 1.82) is 0 Å². The molecule has 3 rings (SSSR count). The van der Waals surface area contributed by atoms with Gasteiger partial charge in [0.25, 0.3) is 0 Å². The number of nitrogens with one attached hydrogen (secondary N) is 2. The second kappa shape index (κ2) is 6.67. The van der Waals surface area contributed by atoms with Crippen LogP contribution in [0.1, 0.15) is 22.5 Å². The molecule has 0 radical (unpaired) electrons. The summed E-state index contributed by atoms with van der Waals surface area (Å²) in [6, 6.07) is 7.37. The number of aromatic nitrogens is 3. The fourth-order valence-electron chi connectivity index (χ4n) is 3.21. The highest BCUT2D eigenvalue weighted by Gasteiger charge is 2.11. The second-order valence-electron chi connectivity index (χ2n) is 6.57. The highest BCUT2D eigenvalue weighted by atomic mass is 16.2. The molecule has 2 N–H and O–H groups in total. The maximum absolute atomic E-state index is 12.3. The van der Waals surface area contributed by atoms with E-state index in [9.17, 15) is 9.59 Å². The summed E-state index contributed by atoms with van der Waals surface area (Å²) in [6.07, 6.45) is 0. The molecule has 0 bridgehead atoms. The average molecular weight is 353 g/mol. The summed E-state index contributed by atoms with van der Waals surface area (Å²) in [5.41, 5.74) is 5.98. The standard InChI is InChI=1S/C19H23N5O2/c1-11-8-12(2)21-13(3)17(11)22-18(25)20-10-14-6-7-15-16(9-14)24(5)19(26)23(15)4/h6-9H,10H2,1-5H3,(H2,20,22,25). The molecule has 0 saturated carbocycles. The maximum atomic E-state index is 12.3. The monoisotopic (exact) mass is 353 g/mol. The van der Waals surface area contributed by atoms with Crippen molar-refractivity contribution in [3.8, 4) is 0 Å². The van der Waals surface area contributed by atoms with E-state index < -0.39 is 0 Å². The zero-order valence-electron chi connectivity index (χ0n) is 15.7. The maximum Gasteiger partial charge on any atom is 0.328 e. The van der Waals surface area contributed by atoms with Crippen LogP contribution in [-0.2, 0) is 20.6 Å². The Balaban J connectivity index is 1.73. The molecule has 2 aromatic heterocycles. The molecule has 136 valence electrons. The van der Waals surface area contributed by atoms with Crippen LogP contribution in [0, 0.1) is 20.8 Å². The summed E-state index contributed by atoms with van der Waals surface area (Å²) >= 11 is 0. The lowest BCUT2D eigenvalue weighted by atomic mass is 10.1. The van der Waals surface area contributed by atoms with Crippen LogP contribution in [0.2, 0.25) is 0 Å². The van der Waals surface area contributed by atoms with Gasteiger partial charge in [-0.1, -0.05) is 6.07 Å². The van der Waals surface area contributed by atoms with Gasteiger partial charge in [0.15, 0.2) is 0 Å². The van der Waals surface area contributed by atoms with E-state index in [1.54, 1.807) is 23.2 Å². The van der Waals surface area contributed by atoms with Gasteiger partial charge < -0.3 is 10.6 Å². The van der Waals surface area contributed by atoms with Crippen LogP contribution < -0.4 is 16.3 Å². The van der Waals surface area contributed by atoms with Crippen LogP contribution in [0.15, 0.2) is 29.1 Å². The van der Waals surface area contributed by atoms with Gasteiger partial charge in [-0.2, -0.15) is 0 Å². The smallest absolute Gasteiger partial charge is 0.328 e. The molecule has 0 aliphatic heterocycles. The first kappa shape index (κ1) is 17.7. The van der Waals surface area contributed by atoms with Gasteiger partial charge in [0.2, 0.25) is 0 Å². The Hall–Kier alpha value is -3.09. The number of imidazole rings is 1. The van der Waals surface area contributed by atoms with Gasteiger partial charge in [0.1, 0.15) is 0 Å². The van der Waals surface area contributed by atoms with Crippen LogP contribution >= 0.6 is 0 Å². The number of nitrogens with zero attached hydrogens (tertiary/aromatic N) is 3. The van der Waals surface area contributed by atoms with E-state index in [1.807, 2.05) is 45.0 Å². The van der Waals surface area contributed by atoms with Gasteiger partial charge in [0.05, 0.1) is 22.4 Å². The third kappa shape index (κ3) is 3.20. The number of benzene rings is 1. The van der Waals surface area contributed by atoms with Gasteiger partial charge in [-0.25, -0.2) is 9.59 Å². The van der Waals surface area contributed by atoms with Crippen LogP contribution in [0.5, 0.6) is 0 Å². The number of hydrogen-bond acceptors (Lipinski definition) is 3. The van der Waals surface area contributed by atoms with Crippen molar-refractivity contribution in [3.05, 3.63) is 57.3 Å². The highest BCUT2D eigenvalue weighted by molar-refractivity contribution is 5.90. The van der Waals surface area contributed by atoms with Crippen molar-refractivity contribution in [2.75, 3.05) is 5.32 Å². The zero-order valence-corrected chi connectivity index (χ0v) is 15.7. The van der Waals surface area contributed by atoms with Gasteiger partial charge >= 0.3 is 11.7 Å². The number of hydrogen-bond donors (Lipinski definition) is 2. The summed E-state index contributed by atoms with van der Waals surface area (Å²) in [7, 11) is 3.49. The molecule has 3 aromatic rings. The molecular weight excluding hydrogens is 330 g/mol. The summed E-state index contributed by atoms with van der Waals surface area (Å²) in [4.78, 5) is 28.6. The SMILES string of the molecule is Cc1cc(C)c(NC(=O)NCc2ccc3c(c2)n(C)c(=O)n3C)c(C)n1. The van der Waals surface area contributed by atoms with Gasteiger partial charge in [0, 0.05) is 26.3 Å². The van der Waals surface area contributed by atoms with Crippen molar-refractivity contribution >= 4 is 22.8 Å². The molecule has 7 nitrogen and oxygen atoms in total. The molecule has 1 aromatic carbocycles. The molecule has 0 fully saturated rings. The highest BCUT2D eigenvalue weighted by Crippen LogP contribution is 2.19. The van der Waals surface area contributed by atoms with Crippen LogP contribution in [0.3, 0.4) is 0 Å². The summed E-state index contributed by atoms with van der Waals surface area (Å²) < 4.78 is 3.21. The van der Waals surface area contributed by atoms with Gasteiger partial charge in [-0.05, 0) is 50.1 Å². The van der Waals surface area contributed by atoms with Crippen LogP contribution in [-0.4, -0.2) is 20.1 Å². The Kier molecular flexibility index (Phi) is 4.54. The number of rotatable bonds is 3. The summed E-state index contributed by atoms with van der Waals surface area (Å²) in [5, 5.41) is 5.72. The van der Waals surface area contributed by atoms with Gasteiger partial charge in [-0.3, -0.25) is 14.1 Å². The van der Waals surface area contributed by atoms with Crippen LogP contribution in [0.4, 0.5) is 10.5 Å². The van der Waals surface area contributed by atoms with Crippen molar-refractivity contribution in [2.45, 2.75) is 27.3 Å². The normalized spacial score (nSPS) is 11.0. The lowest BCUT2D eigenvalue weighted by Crippen LogP contribution is -2.29. The van der Waals surface area contributed by atoms with Crippen molar-refractivity contribution in [3.63, 3.8) is 0 Å². The lowest BCUT2D eigenvalue weighted by Gasteiger charge is -2.13. The first-order valence-corrected chi connectivity index (χ1v) is 8.42. The molecular formula is C19H23N5O2. The van der Waals surface area contributed by atoms with Crippen molar-refractivity contribution < 1.29 is 4.79 Å². The van der Waals surface area contributed by atoms with Crippen molar-refractivity contribution in [2.24, 2.45) is 14.1 Å². The number of pyridine rings is 1. The van der Waals surface area contributed by atoms with E-state index in [0.717, 1.165) is 39.2 Å². The Morgan fingerprint density at radius 3 is 2.46 bits per heavy atom.